The minimum absolute atomic E-state index is 0.317. The predicted molar refractivity (Wildman–Crippen MR) is 113 cm³/mol. The van der Waals surface area contributed by atoms with Crippen LogP contribution >= 0.6 is 0 Å². The van der Waals surface area contributed by atoms with Crippen LogP contribution in [0.4, 0.5) is 4.39 Å². The lowest BCUT2D eigenvalue weighted by atomic mass is 10.0. The number of hydrogen-bond donors (Lipinski definition) is 0. The first kappa shape index (κ1) is 17.8. The maximum Gasteiger partial charge on any atom is 0.131 e. The van der Waals surface area contributed by atoms with Gasteiger partial charge < -0.3 is 4.57 Å². The predicted octanol–water partition coefficient (Wildman–Crippen LogP) is 6.45. The van der Waals surface area contributed by atoms with Crippen molar-refractivity contribution in [3.63, 3.8) is 0 Å². The smallest absolute Gasteiger partial charge is 0.131 e. The van der Waals surface area contributed by atoms with E-state index in [1.165, 1.54) is 16.8 Å². The molecule has 0 saturated heterocycles. The van der Waals surface area contributed by atoms with E-state index in [9.17, 15) is 9.65 Å². The summed E-state index contributed by atoms with van der Waals surface area (Å²) in [5, 5.41) is 11.9. The SMILES string of the molecule is Cc1cc(C=C(C#N)c2ccccc2F)c(C)n1-c1ccc2ccccc2c1. The number of fused-ring (bicyclic) bond motifs is 1. The molecule has 28 heavy (non-hydrogen) atoms. The van der Waals surface area contributed by atoms with Crippen LogP contribution in [0.3, 0.4) is 0 Å². The first-order valence-corrected chi connectivity index (χ1v) is 9.13. The quantitative estimate of drug-likeness (QED) is 0.383. The van der Waals surface area contributed by atoms with E-state index in [2.05, 4.69) is 41.0 Å². The molecule has 0 spiro atoms. The number of allylic oxidation sites excluding steroid dienone is 1. The van der Waals surface area contributed by atoms with Gasteiger partial charge in [-0.25, -0.2) is 4.39 Å². The fourth-order valence-electron chi connectivity index (χ4n) is 3.65. The van der Waals surface area contributed by atoms with E-state index in [1.54, 1.807) is 24.3 Å². The normalized spacial score (nSPS) is 11.6. The standard InChI is InChI=1S/C25H19FN2/c1-17-13-21(14-22(16-27)24-9-5-6-10-25(24)26)18(2)28(17)23-12-11-19-7-3-4-8-20(19)15-23/h3-15H,1-2H3. The van der Waals surface area contributed by atoms with Gasteiger partial charge in [-0.15, -0.1) is 0 Å². The van der Waals surface area contributed by atoms with Crippen molar-refractivity contribution in [1.82, 2.24) is 4.57 Å². The Labute approximate surface area is 163 Å². The molecule has 1 heterocycles. The zero-order valence-corrected chi connectivity index (χ0v) is 15.8. The van der Waals surface area contributed by atoms with Gasteiger partial charge in [-0.3, -0.25) is 0 Å². The fourth-order valence-corrected chi connectivity index (χ4v) is 3.65. The first-order valence-electron chi connectivity index (χ1n) is 9.13. The molecular weight excluding hydrogens is 347 g/mol. The summed E-state index contributed by atoms with van der Waals surface area (Å²) in [4.78, 5) is 0. The molecular formula is C25H19FN2. The third-order valence-electron chi connectivity index (χ3n) is 5.05. The molecule has 2 nitrogen and oxygen atoms in total. The molecule has 1 aromatic heterocycles. The van der Waals surface area contributed by atoms with E-state index >= 15 is 0 Å². The zero-order chi connectivity index (χ0) is 19.7. The van der Waals surface area contributed by atoms with E-state index in [1.807, 2.05) is 32.0 Å². The molecule has 3 aromatic carbocycles. The minimum atomic E-state index is -0.390. The molecule has 0 radical (unpaired) electrons. The van der Waals surface area contributed by atoms with Gasteiger partial charge in [0.1, 0.15) is 5.82 Å². The van der Waals surface area contributed by atoms with Crippen LogP contribution in [-0.4, -0.2) is 4.57 Å². The van der Waals surface area contributed by atoms with Crippen molar-refractivity contribution in [3.05, 3.63) is 101 Å². The number of hydrogen-bond acceptors (Lipinski definition) is 1. The third kappa shape index (κ3) is 3.10. The summed E-state index contributed by atoms with van der Waals surface area (Å²) in [6.07, 6.45) is 1.76. The minimum Gasteiger partial charge on any atom is -0.318 e. The second-order valence-electron chi connectivity index (χ2n) is 6.84. The van der Waals surface area contributed by atoms with Crippen LogP contribution in [-0.2, 0) is 0 Å². The van der Waals surface area contributed by atoms with Crippen molar-refractivity contribution in [2.75, 3.05) is 0 Å². The number of aromatic nitrogens is 1. The Hall–Kier alpha value is -3.64. The van der Waals surface area contributed by atoms with Crippen LogP contribution in [0, 0.1) is 31.0 Å². The molecule has 3 heteroatoms. The Morgan fingerprint density at radius 3 is 2.39 bits per heavy atom. The largest absolute Gasteiger partial charge is 0.318 e. The molecule has 0 bridgehead atoms. The lowest BCUT2D eigenvalue weighted by molar-refractivity contribution is 0.624. The summed E-state index contributed by atoms with van der Waals surface area (Å²) in [6, 6.07) is 25.2. The molecule has 0 saturated carbocycles. The van der Waals surface area contributed by atoms with Gasteiger partial charge in [0.2, 0.25) is 0 Å². The highest BCUT2D eigenvalue weighted by Crippen LogP contribution is 2.27. The Balaban J connectivity index is 1.83. The summed E-state index contributed by atoms with van der Waals surface area (Å²) >= 11 is 0. The van der Waals surface area contributed by atoms with Crippen LogP contribution in [0.25, 0.3) is 28.1 Å². The fraction of sp³-hybridized carbons (Fsp3) is 0.0800. The van der Waals surface area contributed by atoms with Crippen LogP contribution in [0.15, 0.2) is 72.8 Å². The summed E-state index contributed by atoms with van der Waals surface area (Å²) in [5.41, 5.74) is 4.68. The molecule has 0 aliphatic rings. The van der Waals surface area contributed by atoms with Crippen molar-refractivity contribution in [1.29, 1.82) is 5.26 Å². The van der Waals surface area contributed by atoms with E-state index in [0.717, 1.165) is 22.6 Å². The maximum absolute atomic E-state index is 14.1. The molecule has 0 N–H and O–H groups in total. The second-order valence-corrected chi connectivity index (χ2v) is 6.84. The highest BCUT2D eigenvalue weighted by molar-refractivity contribution is 5.90. The molecule has 0 aliphatic heterocycles. The van der Waals surface area contributed by atoms with E-state index in [4.69, 9.17) is 0 Å². The average Bonchev–Trinajstić information content (AvgIpc) is 2.99. The molecule has 0 aliphatic carbocycles. The highest BCUT2D eigenvalue weighted by Gasteiger charge is 2.13. The summed E-state index contributed by atoms with van der Waals surface area (Å²) in [6.45, 7) is 4.05. The summed E-state index contributed by atoms with van der Waals surface area (Å²) < 4.78 is 16.3. The Bertz CT molecular complexity index is 1260. The van der Waals surface area contributed by atoms with Crippen LogP contribution < -0.4 is 0 Å². The first-order chi connectivity index (χ1) is 13.6. The van der Waals surface area contributed by atoms with Crippen molar-refractivity contribution >= 4 is 22.4 Å². The lowest BCUT2D eigenvalue weighted by Gasteiger charge is -2.11. The van der Waals surface area contributed by atoms with Crippen molar-refractivity contribution in [3.8, 4) is 11.8 Å². The van der Waals surface area contributed by atoms with E-state index in [0.29, 0.717) is 11.1 Å². The van der Waals surface area contributed by atoms with Gasteiger partial charge >= 0.3 is 0 Å². The van der Waals surface area contributed by atoms with E-state index in [-0.39, 0.29) is 0 Å². The Kier molecular flexibility index (Phi) is 4.55. The molecule has 0 amide bonds. The second kappa shape index (κ2) is 7.17. The van der Waals surface area contributed by atoms with Gasteiger partial charge in [0.25, 0.3) is 0 Å². The number of nitrogens with zero attached hydrogens (tertiary/aromatic N) is 2. The number of halogens is 1. The van der Waals surface area contributed by atoms with Crippen molar-refractivity contribution in [2.45, 2.75) is 13.8 Å². The summed E-state index contributed by atoms with van der Waals surface area (Å²) in [7, 11) is 0. The molecule has 4 rings (SSSR count). The molecule has 136 valence electrons. The molecule has 4 aromatic rings. The lowest BCUT2D eigenvalue weighted by Crippen LogP contribution is -1.99. The van der Waals surface area contributed by atoms with Crippen molar-refractivity contribution < 1.29 is 4.39 Å². The van der Waals surface area contributed by atoms with Gasteiger partial charge in [0.05, 0.1) is 11.6 Å². The van der Waals surface area contributed by atoms with Crippen LogP contribution in [0.5, 0.6) is 0 Å². The number of benzene rings is 3. The van der Waals surface area contributed by atoms with Gasteiger partial charge in [-0.05, 0) is 60.5 Å². The van der Waals surface area contributed by atoms with Gasteiger partial charge in [-0.2, -0.15) is 5.26 Å². The highest BCUT2D eigenvalue weighted by atomic mass is 19.1. The van der Waals surface area contributed by atoms with Gasteiger partial charge in [-0.1, -0.05) is 48.5 Å². The molecule has 0 atom stereocenters. The molecule has 0 unspecified atom stereocenters. The van der Waals surface area contributed by atoms with E-state index < -0.39 is 5.82 Å². The Morgan fingerprint density at radius 2 is 1.64 bits per heavy atom. The zero-order valence-electron chi connectivity index (χ0n) is 15.8. The van der Waals surface area contributed by atoms with Crippen LogP contribution in [0.2, 0.25) is 0 Å². The molecule has 0 fully saturated rings. The van der Waals surface area contributed by atoms with Crippen molar-refractivity contribution in [2.24, 2.45) is 0 Å². The monoisotopic (exact) mass is 366 g/mol. The topological polar surface area (TPSA) is 28.7 Å². The number of rotatable bonds is 3. The third-order valence-corrected chi connectivity index (χ3v) is 5.05. The average molecular weight is 366 g/mol. The van der Waals surface area contributed by atoms with Gasteiger partial charge in [0.15, 0.2) is 0 Å². The Morgan fingerprint density at radius 1 is 0.929 bits per heavy atom. The number of nitriles is 1. The summed E-state index contributed by atoms with van der Waals surface area (Å²) in [5.74, 6) is -0.390. The number of aryl methyl sites for hydroxylation is 1. The van der Waals surface area contributed by atoms with Crippen LogP contribution in [0.1, 0.15) is 22.5 Å². The van der Waals surface area contributed by atoms with Gasteiger partial charge in [0, 0.05) is 22.6 Å². The maximum atomic E-state index is 14.1.